The van der Waals surface area contributed by atoms with Gasteiger partial charge in [0.25, 0.3) is 0 Å². The first-order valence-electron chi connectivity index (χ1n) is 7.78. The van der Waals surface area contributed by atoms with E-state index in [1.807, 2.05) is 43.9 Å². The molecule has 22 heavy (non-hydrogen) atoms. The molecular formula is C17H27N3O2. The molecule has 122 valence electrons. The maximum atomic E-state index is 10.7. The van der Waals surface area contributed by atoms with Crippen molar-refractivity contribution in [2.75, 3.05) is 6.54 Å². The lowest BCUT2D eigenvalue weighted by Gasteiger charge is -2.25. The van der Waals surface area contributed by atoms with Crippen LogP contribution in [0.3, 0.4) is 0 Å². The number of nitrogens with one attached hydrogen (secondary N) is 1. The molecule has 2 atom stereocenters. The zero-order chi connectivity index (χ0) is 16.5. The van der Waals surface area contributed by atoms with Crippen LogP contribution in [-0.4, -0.2) is 21.4 Å². The maximum Gasteiger partial charge on any atom is 0.107 e. The van der Waals surface area contributed by atoms with E-state index in [0.29, 0.717) is 12.6 Å². The van der Waals surface area contributed by atoms with Gasteiger partial charge in [0.1, 0.15) is 17.1 Å². The Morgan fingerprint density at radius 1 is 1.36 bits per heavy atom. The molecule has 0 radical (unpaired) electrons. The summed E-state index contributed by atoms with van der Waals surface area (Å²) in [6.45, 7) is 12.3. The third-order valence-corrected chi connectivity index (χ3v) is 4.02. The molecule has 2 aromatic rings. The minimum absolute atomic E-state index is 0.118. The summed E-state index contributed by atoms with van der Waals surface area (Å²) in [5, 5.41) is 18.5. The predicted molar refractivity (Wildman–Crippen MR) is 86.8 cm³/mol. The SMILES string of the molecule is Cc1cc(C(C)(O)CNC(C)c2cnn(C(C)C)c2)c(C)o1. The summed E-state index contributed by atoms with van der Waals surface area (Å²) in [4.78, 5) is 0. The summed E-state index contributed by atoms with van der Waals surface area (Å²) in [5.41, 5.74) is 0.983. The number of aryl methyl sites for hydroxylation is 2. The molecule has 2 heterocycles. The van der Waals surface area contributed by atoms with E-state index in [1.165, 1.54) is 0 Å². The highest BCUT2D eigenvalue weighted by Gasteiger charge is 2.28. The molecule has 0 saturated carbocycles. The second-order valence-electron chi connectivity index (χ2n) is 6.55. The van der Waals surface area contributed by atoms with Gasteiger partial charge in [0.05, 0.1) is 6.20 Å². The molecule has 0 bridgehead atoms. The van der Waals surface area contributed by atoms with E-state index in [9.17, 15) is 5.11 Å². The van der Waals surface area contributed by atoms with Crippen LogP contribution in [0.1, 0.15) is 62.4 Å². The molecule has 0 amide bonds. The molecule has 0 aliphatic rings. The highest BCUT2D eigenvalue weighted by atomic mass is 16.3. The molecule has 2 N–H and O–H groups in total. The molecular weight excluding hydrogens is 278 g/mol. The summed E-state index contributed by atoms with van der Waals surface area (Å²) in [6.07, 6.45) is 3.92. The van der Waals surface area contributed by atoms with E-state index >= 15 is 0 Å². The van der Waals surface area contributed by atoms with E-state index in [1.54, 1.807) is 0 Å². The Morgan fingerprint density at radius 3 is 2.55 bits per heavy atom. The largest absolute Gasteiger partial charge is 0.466 e. The quantitative estimate of drug-likeness (QED) is 0.860. The Labute approximate surface area is 132 Å². The first-order valence-corrected chi connectivity index (χ1v) is 7.78. The normalized spacial score (nSPS) is 16.0. The molecule has 0 fully saturated rings. The second kappa shape index (κ2) is 6.26. The fraction of sp³-hybridized carbons (Fsp3) is 0.588. The van der Waals surface area contributed by atoms with Crippen molar-refractivity contribution in [3.8, 4) is 0 Å². The zero-order valence-corrected chi connectivity index (χ0v) is 14.3. The average molecular weight is 305 g/mol. The van der Waals surface area contributed by atoms with Gasteiger partial charge < -0.3 is 14.8 Å². The monoisotopic (exact) mass is 305 g/mol. The molecule has 5 nitrogen and oxygen atoms in total. The Hall–Kier alpha value is -1.59. The summed E-state index contributed by atoms with van der Waals surface area (Å²) < 4.78 is 7.46. The van der Waals surface area contributed by atoms with Crippen molar-refractivity contribution in [3.05, 3.63) is 41.1 Å². The van der Waals surface area contributed by atoms with Crippen molar-refractivity contribution in [1.29, 1.82) is 0 Å². The van der Waals surface area contributed by atoms with Gasteiger partial charge in [-0.25, -0.2) is 0 Å². The van der Waals surface area contributed by atoms with Crippen molar-refractivity contribution in [1.82, 2.24) is 15.1 Å². The van der Waals surface area contributed by atoms with Gasteiger partial charge in [-0.3, -0.25) is 4.68 Å². The first kappa shape index (κ1) is 16.8. The van der Waals surface area contributed by atoms with Crippen molar-refractivity contribution in [2.45, 2.75) is 59.2 Å². The zero-order valence-electron chi connectivity index (χ0n) is 14.3. The van der Waals surface area contributed by atoms with Gasteiger partial charge >= 0.3 is 0 Å². The minimum Gasteiger partial charge on any atom is -0.466 e. The topological polar surface area (TPSA) is 63.2 Å². The van der Waals surface area contributed by atoms with Crippen LogP contribution in [0.2, 0.25) is 0 Å². The van der Waals surface area contributed by atoms with Crippen LogP contribution >= 0.6 is 0 Å². The first-order chi connectivity index (χ1) is 10.2. The number of aromatic nitrogens is 2. The number of hydrogen-bond acceptors (Lipinski definition) is 4. The van der Waals surface area contributed by atoms with Crippen molar-refractivity contribution >= 4 is 0 Å². The van der Waals surface area contributed by atoms with Crippen LogP contribution in [0.25, 0.3) is 0 Å². The Balaban J connectivity index is 2.03. The number of aliphatic hydroxyl groups is 1. The molecule has 0 aromatic carbocycles. The van der Waals surface area contributed by atoms with Crippen LogP contribution in [0.4, 0.5) is 0 Å². The van der Waals surface area contributed by atoms with Gasteiger partial charge in [-0.2, -0.15) is 5.10 Å². The Bertz CT molecular complexity index is 626. The predicted octanol–water partition coefficient (Wildman–Crippen LogP) is 3.23. The molecule has 2 aromatic heterocycles. The smallest absolute Gasteiger partial charge is 0.107 e. The molecule has 0 saturated heterocycles. The van der Waals surface area contributed by atoms with E-state index < -0.39 is 5.60 Å². The van der Waals surface area contributed by atoms with Crippen LogP contribution in [0.5, 0.6) is 0 Å². The maximum absolute atomic E-state index is 10.7. The summed E-state index contributed by atoms with van der Waals surface area (Å²) in [5.74, 6) is 1.59. The van der Waals surface area contributed by atoms with Gasteiger partial charge in [0.2, 0.25) is 0 Å². The summed E-state index contributed by atoms with van der Waals surface area (Å²) >= 11 is 0. The average Bonchev–Trinajstić information content (AvgIpc) is 3.03. The van der Waals surface area contributed by atoms with Gasteiger partial charge in [-0.05, 0) is 47.6 Å². The van der Waals surface area contributed by atoms with E-state index in [-0.39, 0.29) is 6.04 Å². The fourth-order valence-corrected chi connectivity index (χ4v) is 2.59. The van der Waals surface area contributed by atoms with Gasteiger partial charge in [0, 0.05) is 36.0 Å². The Kier molecular flexibility index (Phi) is 4.78. The number of furan rings is 1. The Morgan fingerprint density at radius 2 is 2.05 bits per heavy atom. The molecule has 0 aliphatic heterocycles. The third kappa shape index (κ3) is 3.59. The molecule has 0 aliphatic carbocycles. The van der Waals surface area contributed by atoms with Gasteiger partial charge in [-0.15, -0.1) is 0 Å². The highest BCUT2D eigenvalue weighted by Crippen LogP contribution is 2.27. The van der Waals surface area contributed by atoms with E-state index in [4.69, 9.17) is 4.42 Å². The fourth-order valence-electron chi connectivity index (χ4n) is 2.59. The second-order valence-corrected chi connectivity index (χ2v) is 6.55. The van der Waals surface area contributed by atoms with Crippen molar-refractivity contribution in [2.24, 2.45) is 0 Å². The molecule has 5 heteroatoms. The third-order valence-electron chi connectivity index (χ3n) is 4.02. The van der Waals surface area contributed by atoms with E-state index in [0.717, 1.165) is 22.6 Å². The summed E-state index contributed by atoms with van der Waals surface area (Å²) in [7, 11) is 0. The number of rotatable bonds is 6. The van der Waals surface area contributed by atoms with Gasteiger partial charge in [-0.1, -0.05) is 0 Å². The molecule has 2 rings (SSSR count). The number of hydrogen-bond donors (Lipinski definition) is 2. The lowest BCUT2D eigenvalue weighted by molar-refractivity contribution is 0.0529. The lowest BCUT2D eigenvalue weighted by atomic mass is 9.95. The van der Waals surface area contributed by atoms with Crippen molar-refractivity contribution < 1.29 is 9.52 Å². The summed E-state index contributed by atoms with van der Waals surface area (Å²) in [6, 6.07) is 2.37. The van der Waals surface area contributed by atoms with Gasteiger partial charge in [0.15, 0.2) is 0 Å². The lowest BCUT2D eigenvalue weighted by Crippen LogP contribution is -2.36. The molecule has 2 unspecified atom stereocenters. The van der Waals surface area contributed by atoms with E-state index in [2.05, 4.69) is 31.2 Å². The van der Waals surface area contributed by atoms with Crippen LogP contribution in [-0.2, 0) is 5.60 Å². The standard InChI is InChI=1S/C17H27N3O2/c1-11(2)20-9-15(8-19-20)13(4)18-10-17(6,21)16-7-12(3)22-14(16)5/h7-9,11,13,18,21H,10H2,1-6H3. The van der Waals surface area contributed by atoms with Crippen LogP contribution < -0.4 is 5.32 Å². The highest BCUT2D eigenvalue weighted by molar-refractivity contribution is 5.27. The van der Waals surface area contributed by atoms with Crippen LogP contribution in [0, 0.1) is 13.8 Å². The number of nitrogens with zero attached hydrogens (tertiary/aromatic N) is 2. The van der Waals surface area contributed by atoms with Crippen molar-refractivity contribution in [3.63, 3.8) is 0 Å². The molecule has 0 spiro atoms. The minimum atomic E-state index is -0.968. The van der Waals surface area contributed by atoms with Crippen LogP contribution in [0.15, 0.2) is 22.9 Å².